The second-order valence-electron chi connectivity index (χ2n) is 11.0. The minimum absolute atomic E-state index is 0.373. The number of fused-ring (bicyclic) bond motifs is 1. The smallest absolute Gasteiger partial charge is 0.309 e. The molecule has 0 aromatic heterocycles. The zero-order valence-corrected chi connectivity index (χ0v) is 19.7. The van der Waals surface area contributed by atoms with E-state index in [9.17, 15) is 9.90 Å². The maximum Gasteiger partial charge on any atom is 0.309 e. The molecule has 0 heterocycles. The Morgan fingerprint density at radius 2 is 1.93 bits per heavy atom. The van der Waals surface area contributed by atoms with Crippen LogP contribution in [0, 0.1) is 28.6 Å². The Morgan fingerprint density at radius 3 is 2.63 bits per heavy atom. The summed E-state index contributed by atoms with van der Waals surface area (Å²) in [6.07, 6.45) is 21.3. The molecular weight excluding hydrogens is 368 g/mol. The zero-order valence-electron chi connectivity index (χ0n) is 19.7. The van der Waals surface area contributed by atoms with Crippen LogP contribution in [0.25, 0.3) is 0 Å². The third-order valence-corrected chi connectivity index (χ3v) is 8.45. The van der Waals surface area contributed by atoms with Gasteiger partial charge in [0, 0.05) is 0 Å². The summed E-state index contributed by atoms with van der Waals surface area (Å²) in [5.74, 6) is 1.17. The van der Waals surface area contributed by atoms with Gasteiger partial charge >= 0.3 is 5.97 Å². The van der Waals surface area contributed by atoms with E-state index in [1.807, 2.05) is 13.8 Å². The molecule has 2 heteroatoms. The molecular formula is C28H42O2. The molecule has 3 aliphatic carbocycles. The molecule has 166 valence electrons. The fraction of sp³-hybridized carbons (Fsp3) is 0.679. The maximum absolute atomic E-state index is 11.4. The first-order chi connectivity index (χ1) is 14.1. The number of carboxylic acid groups (broad SMARTS) is 1. The van der Waals surface area contributed by atoms with Crippen LogP contribution in [0.2, 0.25) is 0 Å². The van der Waals surface area contributed by atoms with Crippen LogP contribution in [0.1, 0.15) is 91.9 Å². The largest absolute Gasteiger partial charge is 0.481 e. The topological polar surface area (TPSA) is 37.3 Å². The summed E-state index contributed by atoms with van der Waals surface area (Å²) in [5, 5.41) is 9.35. The summed E-state index contributed by atoms with van der Waals surface area (Å²) < 4.78 is 0. The van der Waals surface area contributed by atoms with Gasteiger partial charge in [-0.1, -0.05) is 55.9 Å². The Labute approximate surface area is 184 Å². The third-order valence-electron chi connectivity index (χ3n) is 8.45. The van der Waals surface area contributed by atoms with E-state index in [1.54, 1.807) is 5.57 Å². The Balaban J connectivity index is 1.71. The first kappa shape index (κ1) is 23.1. The quantitative estimate of drug-likeness (QED) is 0.452. The van der Waals surface area contributed by atoms with Crippen molar-refractivity contribution in [1.82, 2.24) is 0 Å². The maximum atomic E-state index is 11.4. The SMILES string of the molecule is C=C1CCCCC1=CC=C1CCC[C@]2(C)[C@@H]([C@H](C)C=CCC(C)(C)C(=O)O)CC[C@@H]12. The van der Waals surface area contributed by atoms with Crippen molar-refractivity contribution in [1.29, 1.82) is 0 Å². The number of carboxylic acids is 1. The Hall–Kier alpha value is -1.57. The van der Waals surface area contributed by atoms with E-state index < -0.39 is 11.4 Å². The first-order valence-corrected chi connectivity index (χ1v) is 12.1. The summed E-state index contributed by atoms with van der Waals surface area (Å²) in [4.78, 5) is 11.4. The van der Waals surface area contributed by atoms with E-state index in [-0.39, 0.29) is 0 Å². The molecule has 3 aliphatic rings. The number of rotatable bonds is 6. The number of allylic oxidation sites excluding steroid dienone is 7. The molecule has 3 saturated carbocycles. The molecule has 0 amide bonds. The standard InChI is InChI=1S/C28H42O2/c1-20-10-6-7-12-22(20)14-15-23-13-9-19-28(5)24(16-17-25(23)28)21(2)11-8-18-27(3,4)26(29)30/h8,11,14-15,21,24-25H,1,6-7,9-10,12-13,16-19H2,2-5H3,(H,29,30)/t21-,24-,25+,28-/m1/s1. The Bertz CT molecular complexity index is 751. The van der Waals surface area contributed by atoms with Gasteiger partial charge in [0.2, 0.25) is 0 Å². The second-order valence-corrected chi connectivity index (χ2v) is 11.0. The van der Waals surface area contributed by atoms with Crippen molar-refractivity contribution in [2.75, 3.05) is 0 Å². The monoisotopic (exact) mass is 410 g/mol. The van der Waals surface area contributed by atoms with Crippen LogP contribution in [0.15, 0.2) is 47.6 Å². The molecule has 30 heavy (non-hydrogen) atoms. The van der Waals surface area contributed by atoms with Crippen LogP contribution in [0.4, 0.5) is 0 Å². The average Bonchev–Trinajstić information content (AvgIpc) is 3.04. The van der Waals surface area contributed by atoms with E-state index in [2.05, 4.69) is 44.7 Å². The number of hydrogen-bond donors (Lipinski definition) is 1. The van der Waals surface area contributed by atoms with Gasteiger partial charge in [0.05, 0.1) is 5.41 Å². The summed E-state index contributed by atoms with van der Waals surface area (Å²) in [5.41, 5.74) is 4.19. The van der Waals surface area contributed by atoms with Gasteiger partial charge in [-0.25, -0.2) is 0 Å². The molecule has 0 saturated heterocycles. The van der Waals surface area contributed by atoms with Crippen molar-refractivity contribution in [3.63, 3.8) is 0 Å². The molecule has 4 atom stereocenters. The second kappa shape index (κ2) is 9.28. The number of aliphatic carboxylic acids is 1. The average molecular weight is 411 g/mol. The van der Waals surface area contributed by atoms with Crippen LogP contribution in [0.3, 0.4) is 0 Å². The summed E-state index contributed by atoms with van der Waals surface area (Å²) in [6.45, 7) is 12.8. The normalized spacial score (nSPS) is 33.9. The minimum atomic E-state index is -0.718. The van der Waals surface area contributed by atoms with E-state index in [0.717, 1.165) is 0 Å². The number of hydrogen-bond acceptors (Lipinski definition) is 1. The highest BCUT2D eigenvalue weighted by Crippen LogP contribution is 2.59. The van der Waals surface area contributed by atoms with Gasteiger partial charge in [-0.2, -0.15) is 0 Å². The van der Waals surface area contributed by atoms with Gasteiger partial charge in [-0.15, -0.1) is 0 Å². The van der Waals surface area contributed by atoms with Crippen molar-refractivity contribution < 1.29 is 9.90 Å². The van der Waals surface area contributed by atoms with E-state index in [4.69, 9.17) is 0 Å². The lowest BCUT2D eigenvalue weighted by Crippen LogP contribution is -2.35. The van der Waals surface area contributed by atoms with E-state index in [1.165, 1.54) is 68.9 Å². The van der Waals surface area contributed by atoms with E-state index >= 15 is 0 Å². The van der Waals surface area contributed by atoms with Crippen LogP contribution >= 0.6 is 0 Å². The summed E-state index contributed by atoms with van der Waals surface area (Å²) >= 11 is 0. The van der Waals surface area contributed by atoms with Gasteiger partial charge in [0.15, 0.2) is 0 Å². The highest BCUT2D eigenvalue weighted by atomic mass is 16.4. The molecule has 0 aromatic carbocycles. The Morgan fingerprint density at radius 1 is 1.20 bits per heavy atom. The summed E-state index contributed by atoms with van der Waals surface area (Å²) in [7, 11) is 0. The van der Waals surface area contributed by atoms with Crippen LogP contribution in [0.5, 0.6) is 0 Å². The predicted molar refractivity (Wildman–Crippen MR) is 126 cm³/mol. The zero-order chi connectivity index (χ0) is 21.9. The molecule has 1 N–H and O–H groups in total. The Kier molecular flexibility index (Phi) is 7.15. The molecule has 0 unspecified atom stereocenters. The highest BCUT2D eigenvalue weighted by molar-refractivity contribution is 5.73. The molecule has 0 aromatic rings. The van der Waals surface area contributed by atoms with Gasteiger partial charge < -0.3 is 5.11 Å². The van der Waals surface area contributed by atoms with Crippen molar-refractivity contribution in [2.45, 2.75) is 91.9 Å². The van der Waals surface area contributed by atoms with Crippen LogP contribution < -0.4 is 0 Å². The summed E-state index contributed by atoms with van der Waals surface area (Å²) in [6, 6.07) is 0. The van der Waals surface area contributed by atoms with Crippen molar-refractivity contribution >= 4 is 5.97 Å². The van der Waals surface area contributed by atoms with Crippen molar-refractivity contribution in [3.8, 4) is 0 Å². The molecule has 0 aliphatic heterocycles. The third kappa shape index (κ3) is 4.84. The van der Waals surface area contributed by atoms with Crippen LogP contribution in [-0.4, -0.2) is 11.1 Å². The predicted octanol–water partition coefficient (Wildman–Crippen LogP) is 7.88. The highest BCUT2D eigenvalue weighted by Gasteiger charge is 2.50. The van der Waals surface area contributed by atoms with Gasteiger partial charge in [0.1, 0.15) is 0 Å². The van der Waals surface area contributed by atoms with Gasteiger partial charge in [-0.3, -0.25) is 4.79 Å². The van der Waals surface area contributed by atoms with Crippen molar-refractivity contribution in [3.05, 3.63) is 47.6 Å². The first-order valence-electron chi connectivity index (χ1n) is 12.1. The van der Waals surface area contributed by atoms with Crippen molar-refractivity contribution in [2.24, 2.45) is 28.6 Å². The lowest BCUT2D eigenvalue weighted by Gasteiger charge is -2.44. The minimum Gasteiger partial charge on any atom is -0.481 e. The van der Waals surface area contributed by atoms with Crippen LogP contribution in [-0.2, 0) is 4.79 Å². The molecule has 3 fully saturated rings. The molecule has 0 radical (unpaired) electrons. The van der Waals surface area contributed by atoms with Gasteiger partial charge in [0.25, 0.3) is 0 Å². The number of carbonyl (C=O) groups is 1. The molecule has 2 nitrogen and oxygen atoms in total. The molecule has 3 rings (SSSR count). The molecule has 0 bridgehead atoms. The lowest BCUT2D eigenvalue weighted by molar-refractivity contribution is -0.146. The lowest BCUT2D eigenvalue weighted by atomic mass is 9.61. The fourth-order valence-electron chi connectivity index (χ4n) is 6.34. The van der Waals surface area contributed by atoms with E-state index in [0.29, 0.717) is 29.6 Å². The fourth-order valence-corrected chi connectivity index (χ4v) is 6.34. The molecule has 0 spiro atoms. The van der Waals surface area contributed by atoms with Gasteiger partial charge in [-0.05, 0) is 107 Å².